The van der Waals surface area contributed by atoms with Crippen molar-refractivity contribution in [2.24, 2.45) is 0 Å². The molecule has 0 heterocycles. The van der Waals surface area contributed by atoms with Gasteiger partial charge < -0.3 is 9.47 Å². The number of carbonyl (C=O) groups excluding carboxylic acids is 1. The highest BCUT2D eigenvalue weighted by atomic mass is 19.1. The van der Waals surface area contributed by atoms with Crippen molar-refractivity contribution >= 4 is 6.09 Å². The van der Waals surface area contributed by atoms with E-state index in [4.69, 9.17) is 9.47 Å². The predicted octanol–water partition coefficient (Wildman–Crippen LogP) is 3.39. The van der Waals surface area contributed by atoms with Crippen LogP contribution in [0.2, 0.25) is 0 Å². The molecule has 0 aliphatic rings. The maximum atomic E-state index is 13.2. The van der Waals surface area contributed by atoms with Gasteiger partial charge in [0.05, 0.1) is 0 Å². The molecule has 1 aromatic carbocycles. The average molecular weight is 301 g/mol. The van der Waals surface area contributed by atoms with Crippen LogP contribution >= 0.6 is 0 Å². The first kappa shape index (κ1) is 17.4. The van der Waals surface area contributed by atoms with Crippen molar-refractivity contribution < 1.29 is 23.0 Å². The van der Waals surface area contributed by atoms with Crippen molar-refractivity contribution in [1.82, 2.24) is 5.32 Å². The maximum Gasteiger partial charge on any atom is 0.409 e. The van der Waals surface area contributed by atoms with Crippen LogP contribution in [0.4, 0.5) is 13.6 Å². The summed E-state index contributed by atoms with van der Waals surface area (Å²) in [6.07, 6.45) is -1.22. The largest absolute Gasteiger partial charge is 0.444 e. The minimum absolute atomic E-state index is 0.141. The molecular formula is C15H21F2NO3. The third kappa shape index (κ3) is 7.04. The van der Waals surface area contributed by atoms with E-state index in [2.05, 4.69) is 5.32 Å². The Labute approximate surface area is 123 Å². The van der Waals surface area contributed by atoms with Gasteiger partial charge in [0.2, 0.25) is 0 Å². The van der Waals surface area contributed by atoms with Gasteiger partial charge >= 0.3 is 6.09 Å². The topological polar surface area (TPSA) is 47.6 Å². The van der Waals surface area contributed by atoms with E-state index in [1.54, 1.807) is 27.7 Å². The van der Waals surface area contributed by atoms with E-state index in [1.807, 2.05) is 0 Å². The molecule has 1 aromatic rings. The summed E-state index contributed by atoms with van der Waals surface area (Å²) in [5.41, 5.74) is -0.242. The predicted molar refractivity (Wildman–Crippen MR) is 74.8 cm³/mol. The Morgan fingerprint density at radius 1 is 1.24 bits per heavy atom. The summed E-state index contributed by atoms with van der Waals surface area (Å²) >= 11 is 0. The quantitative estimate of drug-likeness (QED) is 0.848. The molecule has 0 radical (unpaired) electrons. The number of carbonyl (C=O) groups is 1. The maximum absolute atomic E-state index is 13.2. The summed E-state index contributed by atoms with van der Waals surface area (Å²) in [5.74, 6) is -1.34. The van der Waals surface area contributed by atoms with Gasteiger partial charge in [-0.2, -0.15) is 0 Å². The van der Waals surface area contributed by atoms with Gasteiger partial charge in [0.15, 0.2) is 0 Å². The van der Waals surface area contributed by atoms with Crippen molar-refractivity contribution in [2.75, 3.05) is 6.61 Å². The molecule has 118 valence electrons. The lowest BCUT2D eigenvalue weighted by Gasteiger charge is -2.23. The van der Waals surface area contributed by atoms with Crippen LogP contribution in [0.1, 0.15) is 33.3 Å². The monoisotopic (exact) mass is 301 g/mol. The molecule has 0 spiro atoms. The fourth-order valence-corrected chi connectivity index (χ4v) is 1.73. The standard InChI is InChI=1S/C15H21F2NO3/c1-5-20-13(18-14(19)21-15(2,3)4)8-10-6-11(16)9-12(17)7-10/h6-7,9,13H,5,8H2,1-4H3,(H,18,19). The van der Waals surface area contributed by atoms with E-state index < -0.39 is 29.6 Å². The molecular weight excluding hydrogens is 280 g/mol. The molecule has 0 saturated heterocycles. The lowest BCUT2D eigenvalue weighted by atomic mass is 10.1. The fraction of sp³-hybridized carbons (Fsp3) is 0.533. The molecule has 21 heavy (non-hydrogen) atoms. The van der Waals surface area contributed by atoms with Gasteiger partial charge in [0, 0.05) is 19.1 Å². The molecule has 0 bridgehead atoms. The highest BCUT2D eigenvalue weighted by molar-refractivity contribution is 5.67. The molecule has 1 amide bonds. The molecule has 1 N–H and O–H groups in total. The smallest absolute Gasteiger partial charge is 0.409 e. The number of hydrogen-bond donors (Lipinski definition) is 1. The lowest BCUT2D eigenvalue weighted by Crippen LogP contribution is -2.41. The van der Waals surface area contributed by atoms with Crippen molar-refractivity contribution in [3.8, 4) is 0 Å². The second kappa shape index (κ2) is 7.36. The van der Waals surface area contributed by atoms with Gasteiger partial charge in [0.25, 0.3) is 0 Å². The first-order valence-corrected chi connectivity index (χ1v) is 6.75. The van der Waals surface area contributed by atoms with Gasteiger partial charge in [-0.1, -0.05) is 0 Å². The third-order valence-electron chi connectivity index (χ3n) is 2.39. The number of halogens is 2. The van der Waals surface area contributed by atoms with Crippen molar-refractivity contribution in [3.05, 3.63) is 35.4 Å². The van der Waals surface area contributed by atoms with Crippen LogP contribution in [-0.4, -0.2) is 24.5 Å². The van der Waals surface area contributed by atoms with Gasteiger partial charge in [0.1, 0.15) is 23.5 Å². The van der Waals surface area contributed by atoms with Crippen molar-refractivity contribution in [2.45, 2.75) is 45.9 Å². The van der Waals surface area contributed by atoms with Crippen molar-refractivity contribution in [3.63, 3.8) is 0 Å². The molecule has 1 unspecified atom stereocenters. The number of rotatable bonds is 5. The Balaban J connectivity index is 2.71. The van der Waals surface area contributed by atoms with E-state index in [0.717, 1.165) is 6.07 Å². The van der Waals surface area contributed by atoms with Gasteiger partial charge in [-0.25, -0.2) is 13.6 Å². The molecule has 1 rings (SSSR count). The minimum Gasteiger partial charge on any atom is -0.444 e. The number of nitrogens with one attached hydrogen (secondary N) is 1. The zero-order valence-corrected chi connectivity index (χ0v) is 12.7. The Kier molecular flexibility index (Phi) is 6.08. The zero-order chi connectivity index (χ0) is 16.0. The Morgan fingerprint density at radius 2 is 1.81 bits per heavy atom. The molecule has 4 nitrogen and oxygen atoms in total. The van der Waals surface area contributed by atoms with E-state index in [9.17, 15) is 13.6 Å². The van der Waals surface area contributed by atoms with E-state index >= 15 is 0 Å². The fourth-order valence-electron chi connectivity index (χ4n) is 1.73. The van der Waals surface area contributed by atoms with Crippen molar-refractivity contribution in [1.29, 1.82) is 0 Å². The van der Waals surface area contributed by atoms with Gasteiger partial charge in [-0.3, -0.25) is 5.32 Å². The summed E-state index contributed by atoms with van der Waals surface area (Å²) in [7, 11) is 0. The lowest BCUT2D eigenvalue weighted by molar-refractivity contribution is 0.0105. The summed E-state index contributed by atoms with van der Waals surface area (Å²) < 4.78 is 36.8. The van der Waals surface area contributed by atoms with Crippen LogP contribution < -0.4 is 5.32 Å². The average Bonchev–Trinajstić information content (AvgIpc) is 2.24. The van der Waals surface area contributed by atoms with E-state index in [1.165, 1.54) is 12.1 Å². The molecule has 0 aromatic heterocycles. The molecule has 1 atom stereocenters. The number of amides is 1. The summed E-state index contributed by atoms with van der Waals surface area (Å²) in [6.45, 7) is 7.33. The minimum atomic E-state index is -0.717. The second-order valence-electron chi connectivity index (χ2n) is 5.57. The molecule has 0 fully saturated rings. The molecule has 6 heteroatoms. The summed E-state index contributed by atoms with van der Waals surface area (Å²) in [5, 5.41) is 2.53. The number of ether oxygens (including phenoxy) is 2. The highest BCUT2D eigenvalue weighted by Crippen LogP contribution is 2.12. The Bertz CT molecular complexity index is 466. The summed E-state index contributed by atoms with van der Waals surface area (Å²) in [4.78, 5) is 11.7. The Hall–Kier alpha value is -1.69. The summed E-state index contributed by atoms with van der Waals surface area (Å²) in [6, 6.07) is 3.19. The first-order valence-electron chi connectivity index (χ1n) is 6.75. The van der Waals surface area contributed by atoms with Crippen LogP contribution in [0.3, 0.4) is 0 Å². The molecule has 0 saturated carbocycles. The SMILES string of the molecule is CCOC(Cc1cc(F)cc(F)c1)NC(=O)OC(C)(C)C. The second-order valence-corrected chi connectivity index (χ2v) is 5.57. The van der Waals surface area contributed by atoms with Gasteiger partial charge in [-0.05, 0) is 45.4 Å². The van der Waals surface area contributed by atoms with Crippen LogP contribution in [0.5, 0.6) is 0 Å². The van der Waals surface area contributed by atoms with E-state index in [-0.39, 0.29) is 6.42 Å². The van der Waals surface area contributed by atoms with Crippen LogP contribution in [0, 0.1) is 11.6 Å². The highest BCUT2D eigenvalue weighted by Gasteiger charge is 2.20. The third-order valence-corrected chi connectivity index (χ3v) is 2.39. The normalized spacial score (nSPS) is 12.9. The zero-order valence-electron chi connectivity index (χ0n) is 12.7. The van der Waals surface area contributed by atoms with Crippen LogP contribution in [-0.2, 0) is 15.9 Å². The Morgan fingerprint density at radius 3 is 2.29 bits per heavy atom. The van der Waals surface area contributed by atoms with Crippen LogP contribution in [0.15, 0.2) is 18.2 Å². The molecule has 0 aliphatic heterocycles. The molecule has 0 aliphatic carbocycles. The number of alkyl carbamates (subject to hydrolysis) is 1. The number of hydrogen-bond acceptors (Lipinski definition) is 3. The van der Waals surface area contributed by atoms with Crippen LogP contribution in [0.25, 0.3) is 0 Å². The van der Waals surface area contributed by atoms with E-state index in [0.29, 0.717) is 12.2 Å². The van der Waals surface area contributed by atoms with Gasteiger partial charge in [-0.15, -0.1) is 0 Å². The first-order chi connectivity index (χ1) is 9.69. The number of benzene rings is 1.